The molecule has 23 heavy (non-hydrogen) atoms. The highest BCUT2D eigenvalue weighted by atomic mass is 19.4. The van der Waals surface area contributed by atoms with Gasteiger partial charge in [-0.2, -0.15) is 13.2 Å². The van der Waals surface area contributed by atoms with E-state index < -0.39 is 23.5 Å². The largest absolute Gasteiger partial charge is 0.491 e. The van der Waals surface area contributed by atoms with Crippen molar-refractivity contribution in [3.8, 4) is 5.75 Å². The number of hydrogen-bond acceptors (Lipinski definition) is 3. The lowest BCUT2D eigenvalue weighted by molar-refractivity contribution is -0.191. The van der Waals surface area contributed by atoms with Crippen LogP contribution in [0, 0.1) is 5.41 Å². The van der Waals surface area contributed by atoms with E-state index in [2.05, 4.69) is 5.43 Å². The Balaban J connectivity index is 2.36. The van der Waals surface area contributed by atoms with Crippen LogP contribution in [0.5, 0.6) is 5.75 Å². The molecule has 1 aromatic rings. The van der Waals surface area contributed by atoms with Gasteiger partial charge in [-0.15, -0.1) is 0 Å². The van der Waals surface area contributed by atoms with Gasteiger partial charge >= 0.3 is 6.18 Å². The van der Waals surface area contributed by atoms with Crippen molar-refractivity contribution in [3.05, 3.63) is 29.8 Å². The molecule has 128 valence electrons. The Kier molecular flexibility index (Phi) is 4.61. The zero-order valence-electron chi connectivity index (χ0n) is 13.6. The van der Waals surface area contributed by atoms with Gasteiger partial charge in [0, 0.05) is 6.54 Å². The molecule has 7 heteroatoms. The molecule has 0 aromatic heterocycles. The molecule has 0 saturated carbocycles. The summed E-state index contributed by atoms with van der Waals surface area (Å²) in [5.74, 6) is -0.0436. The predicted octanol–water partition coefficient (Wildman–Crippen LogP) is 3.45. The van der Waals surface area contributed by atoms with E-state index in [0.717, 1.165) is 5.01 Å². The van der Waals surface area contributed by atoms with Crippen LogP contribution in [-0.4, -0.2) is 29.7 Å². The number of nitrogens with zero attached hydrogens (tertiary/aromatic N) is 1. The van der Waals surface area contributed by atoms with E-state index in [0.29, 0.717) is 5.75 Å². The van der Waals surface area contributed by atoms with Crippen molar-refractivity contribution in [1.29, 1.82) is 0 Å². The van der Waals surface area contributed by atoms with Crippen molar-refractivity contribution in [2.24, 2.45) is 5.41 Å². The summed E-state index contributed by atoms with van der Waals surface area (Å²) in [6.07, 6.45) is -4.66. The van der Waals surface area contributed by atoms with Gasteiger partial charge in [-0.3, -0.25) is 10.2 Å². The van der Waals surface area contributed by atoms with Crippen LogP contribution in [0.1, 0.15) is 39.3 Å². The van der Waals surface area contributed by atoms with Crippen LogP contribution < -0.4 is 10.2 Å². The van der Waals surface area contributed by atoms with E-state index in [-0.39, 0.29) is 18.2 Å². The molecule has 0 bridgehead atoms. The van der Waals surface area contributed by atoms with Crippen molar-refractivity contribution >= 4 is 5.91 Å². The Morgan fingerprint density at radius 1 is 1.30 bits per heavy atom. The fourth-order valence-electron chi connectivity index (χ4n) is 2.55. The zero-order chi connectivity index (χ0) is 17.4. The van der Waals surface area contributed by atoms with Crippen LogP contribution >= 0.6 is 0 Å². The number of hydrazine groups is 1. The quantitative estimate of drug-likeness (QED) is 0.919. The fourth-order valence-corrected chi connectivity index (χ4v) is 2.55. The molecule has 1 atom stereocenters. The normalized spacial score (nSPS) is 19.7. The van der Waals surface area contributed by atoms with Gasteiger partial charge in [0.15, 0.2) is 0 Å². The number of ether oxygens (including phenoxy) is 1. The number of carbonyl (C=O) groups is 1. The molecule has 1 saturated heterocycles. The third-order valence-electron chi connectivity index (χ3n) is 3.59. The lowest BCUT2D eigenvalue weighted by atomic mass is 9.93. The van der Waals surface area contributed by atoms with Crippen LogP contribution in [0.4, 0.5) is 13.2 Å². The Morgan fingerprint density at radius 2 is 1.96 bits per heavy atom. The smallest absolute Gasteiger partial charge is 0.409 e. The van der Waals surface area contributed by atoms with Gasteiger partial charge in [0.2, 0.25) is 5.91 Å². The first-order valence-electron chi connectivity index (χ1n) is 7.42. The Hall–Kier alpha value is -1.76. The summed E-state index contributed by atoms with van der Waals surface area (Å²) in [7, 11) is 0. The minimum atomic E-state index is -4.52. The number of halogens is 3. The first-order chi connectivity index (χ1) is 10.5. The standard InChI is InChI=1S/C16H21F3N2O2/c1-10(2)23-12-7-5-6-11(8-12)13(16(17,18)19)21-9-15(3,4)14(22)20-21/h5-8,10,13H,9H2,1-4H3,(H,20,22)/t13-/m0/s1. The van der Waals surface area contributed by atoms with Crippen LogP contribution in [0.2, 0.25) is 0 Å². The first-order valence-corrected chi connectivity index (χ1v) is 7.42. The average Bonchev–Trinajstić information content (AvgIpc) is 2.61. The number of alkyl halides is 3. The predicted molar refractivity (Wildman–Crippen MR) is 79.6 cm³/mol. The number of rotatable bonds is 4. The van der Waals surface area contributed by atoms with E-state index in [1.807, 2.05) is 0 Å². The fraction of sp³-hybridized carbons (Fsp3) is 0.562. The van der Waals surface area contributed by atoms with Crippen molar-refractivity contribution in [3.63, 3.8) is 0 Å². The van der Waals surface area contributed by atoms with Gasteiger partial charge in [-0.25, -0.2) is 5.01 Å². The minimum absolute atomic E-state index is 0.0225. The van der Waals surface area contributed by atoms with Gasteiger partial charge in [0.05, 0.1) is 11.5 Å². The summed E-state index contributed by atoms with van der Waals surface area (Å²) >= 11 is 0. The van der Waals surface area contributed by atoms with E-state index in [1.165, 1.54) is 18.2 Å². The zero-order valence-corrected chi connectivity index (χ0v) is 13.6. The molecule has 1 N–H and O–H groups in total. The maximum atomic E-state index is 13.6. The summed E-state index contributed by atoms with van der Waals surface area (Å²) in [4.78, 5) is 11.8. The summed E-state index contributed by atoms with van der Waals surface area (Å²) in [5, 5.41) is 0.955. The summed E-state index contributed by atoms with van der Waals surface area (Å²) in [6.45, 7) is 6.82. The number of nitrogens with one attached hydrogen (secondary N) is 1. The number of hydrogen-bond donors (Lipinski definition) is 1. The molecule has 1 aliphatic rings. The molecule has 1 heterocycles. The maximum absolute atomic E-state index is 13.6. The van der Waals surface area contributed by atoms with Crippen LogP contribution in [0.15, 0.2) is 24.3 Å². The van der Waals surface area contributed by atoms with Crippen LogP contribution in [-0.2, 0) is 4.79 Å². The molecule has 1 aromatic carbocycles. The van der Waals surface area contributed by atoms with Crippen molar-refractivity contribution in [2.45, 2.75) is 46.0 Å². The topological polar surface area (TPSA) is 41.6 Å². The Labute approximate surface area is 133 Å². The third kappa shape index (κ3) is 3.96. The van der Waals surface area contributed by atoms with E-state index in [4.69, 9.17) is 4.74 Å². The Morgan fingerprint density at radius 3 is 2.43 bits per heavy atom. The molecular weight excluding hydrogens is 309 g/mol. The number of benzene rings is 1. The van der Waals surface area contributed by atoms with Gasteiger partial charge in [0.25, 0.3) is 0 Å². The molecule has 4 nitrogen and oxygen atoms in total. The molecular formula is C16H21F3N2O2. The van der Waals surface area contributed by atoms with Crippen LogP contribution in [0.3, 0.4) is 0 Å². The lowest BCUT2D eigenvalue weighted by Crippen LogP contribution is -2.43. The number of carbonyl (C=O) groups excluding carboxylic acids is 1. The third-order valence-corrected chi connectivity index (χ3v) is 3.59. The van der Waals surface area contributed by atoms with Gasteiger partial charge in [-0.1, -0.05) is 12.1 Å². The Bertz CT molecular complexity index is 585. The van der Waals surface area contributed by atoms with Crippen LogP contribution in [0.25, 0.3) is 0 Å². The molecule has 1 amide bonds. The number of amides is 1. The SMILES string of the molecule is CC(C)Oc1cccc([C@H](N2CC(C)(C)C(=O)N2)C(F)(F)F)c1. The van der Waals surface area contributed by atoms with Crippen molar-refractivity contribution in [1.82, 2.24) is 10.4 Å². The average molecular weight is 330 g/mol. The van der Waals surface area contributed by atoms with Gasteiger partial charge in [0.1, 0.15) is 11.8 Å². The van der Waals surface area contributed by atoms with Gasteiger partial charge in [-0.05, 0) is 45.4 Å². The molecule has 1 fully saturated rings. The van der Waals surface area contributed by atoms with Crippen molar-refractivity contribution in [2.75, 3.05) is 6.54 Å². The summed E-state index contributed by atoms with van der Waals surface area (Å²) in [6, 6.07) is 3.99. The lowest BCUT2D eigenvalue weighted by Gasteiger charge is -2.30. The monoisotopic (exact) mass is 330 g/mol. The van der Waals surface area contributed by atoms with E-state index in [1.54, 1.807) is 33.8 Å². The molecule has 0 unspecified atom stereocenters. The molecule has 1 aliphatic heterocycles. The highest BCUT2D eigenvalue weighted by molar-refractivity contribution is 5.83. The second kappa shape index (κ2) is 6.03. The molecule has 0 spiro atoms. The van der Waals surface area contributed by atoms with E-state index >= 15 is 0 Å². The summed E-state index contributed by atoms with van der Waals surface area (Å²) < 4.78 is 46.3. The van der Waals surface area contributed by atoms with Crippen molar-refractivity contribution < 1.29 is 22.7 Å². The highest BCUT2D eigenvalue weighted by Gasteiger charge is 2.51. The molecule has 0 radical (unpaired) electrons. The second-order valence-corrected chi connectivity index (χ2v) is 6.64. The summed E-state index contributed by atoms with van der Waals surface area (Å²) in [5.41, 5.74) is 1.51. The minimum Gasteiger partial charge on any atom is -0.491 e. The molecule has 0 aliphatic carbocycles. The van der Waals surface area contributed by atoms with E-state index in [9.17, 15) is 18.0 Å². The highest BCUT2D eigenvalue weighted by Crippen LogP contribution is 2.41. The maximum Gasteiger partial charge on any atom is 0.409 e. The first kappa shape index (κ1) is 17.6. The molecule has 2 rings (SSSR count). The second-order valence-electron chi connectivity index (χ2n) is 6.64. The van der Waals surface area contributed by atoms with Gasteiger partial charge < -0.3 is 4.74 Å².